The molecule has 1 fully saturated rings. The number of carbonyl (C=O) groups excluding carboxylic acids is 2. The zero-order valence-corrected chi connectivity index (χ0v) is 21.6. The highest BCUT2D eigenvalue weighted by molar-refractivity contribution is 7.92. The van der Waals surface area contributed by atoms with Crippen LogP contribution in [0.15, 0.2) is 71.6 Å². The second kappa shape index (κ2) is 10.7. The number of methoxy groups -OCH3 is 1. The van der Waals surface area contributed by atoms with Crippen molar-refractivity contribution < 1.29 is 22.7 Å². The molecule has 0 aliphatic carbocycles. The Labute approximate surface area is 216 Å². The molecule has 1 heterocycles. The summed E-state index contributed by atoms with van der Waals surface area (Å²) in [7, 11) is -2.72. The van der Waals surface area contributed by atoms with E-state index in [4.69, 9.17) is 16.3 Å². The summed E-state index contributed by atoms with van der Waals surface area (Å²) in [6, 6.07) is 17.0. The average molecular weight is 527 g/mol. The molecule has 0 aromatic heterocycles. The lowest BCUT2D eigenvalue weighted by molar-refractivity contribution is 0.0693. The second-order valence-electron chi connectivity index (χ2n) is 8.83. The van der Waals surface area contributed by atoms with Gasteiger partial charge >= 0.3 is 0 Å². The number of nitrogens with one attached hydrogen (secondary N) is 1. The van der Waals surface area contributed by atoms with Crippen LogP contribution in [0.25, 0.3) is 0 Å². The largest absolute Gasteiger partial charge is 0.496 e. The number of carbonyl (C=O) groups is 2. The maximum absolute atomic E-state index is 13.4. The molecule has 0 saturated carbocycles. The summed E-state index contributed by atoms with van der Waals surface area (Å²) in [6.07, 6.45) is 1.78. The summed E-state index contributed by atoms with van der Waals surface area (Å²) in [4.78, 5) is 27.9. The predicted octanol–water partition coefficient (Wildman–Crippen LogP) is 5.25. The van der Waals surface area contributed by atoms with Gasteiger partial charge in [-0.05, 0) is 55.2 Å². The molecular formula is C27H27ClN2O5S. The number of sulfonamides is 1. The van der Waals surface area contributed by atoms with Crippen LogP contribution in [0.4, 0.5) is 5.69 Å². The number of benzene rings is 3. The van der Waals surface area contributed by atoms with Crippen molar-refractivity contribution in [2.45, 2.75) is 24.7 Å². The molecule has 1 N–H and O–H groups in total. The van der Waals surface area contributed by atoms with Crippen LogP contribution in [0.1, 0.15) is 46.0 Å². The molecule has 3 aromatic rings. The van der Waals surface area contributed by atoms with Crippen LogP contribution in [0.3, 0.4) is 0 Å². The Morgan fingerprint density at radius 2 is 1.67 bits per heavy atom. The monoisotopic (exact) mass is 526 g/mol. The summed E-state index contributed by atoms with van der Waals surface area (Å²) < 4.78 is 34.6. The molecule has 0 spiro atoms. The first kappa shape index (κ1) is 25.7. The smallest absolute Gasteiger partial charge is 0.261 e. The van der Waals surface area contributed by atoms with Crippen LogP contribution in [-0.4, -0.2) is 45.2 Å². The van der Waals surface area contributed by atoms with E-state index in [-0.39, 0.29) is 33.4 Å². The van der Waals surface area contributed by atoms with E-state index in [1.807, 2.05) is 0 Å². The van der Waals surface area contributed by atoms with E-state index in [0.717, 1.165) is 12.8 Å². The highest BCUT2D eigenvalue weighted by Crippen LogP contribution is 2.29. The van der Waals surface area contributed by atoms with E-state index in [0.29, 0.717) is 35.3 Å². The average Bonchev–Trinajstić information content (AvgIpc) is 2.89. The van der Waals surface area contributed by atoms with Gasteiger partial charge in [-0.3, -0.25) is 14.3 Å². The Bertz CT molecular complexity index is 1380. The summed E-state index contributed by atoms with van der Waals surface area (Å²) in [6.45, 7) is 3.36. The van der Waals surface area contributed by atoms with Crippen LogP contribution < -0.4 is 9.46 Å². The molecule has 7 nitrogen and oxygen atoms in total. The SMILES string of the molecule is COc1ccc(S(=O)(=O)Nc2ccc(Cl)cc2C(=O)c2ccccc2)cc1C(=O)N1CCC(C)CC1. The molecule has 0 atom stereocenters. The highest BCUT2D eigenvalue weighted by Gasteiger charge is 2.27. The minimum Gasteiger partial charge on any atom is -0.496 e. The molecule has 1 aliphatic rings. The van der Waals surface area contributed by atoms with Crippen molar-refractivity contribution in [3.05, 3.63) is 88.4 Å². The van der Waals surface area contributed by atoms with Crippen molar-refractivity contribution in [3.63, 3.8) is 0 Å². The van der Waals surface area contributed by atoms with Crippen LogP contribution in [0.2, 0.25) is 5.02 Å². The lowest BCUT2D eigenvalue weighted by atomic mass is 9.98. The Hall–Kier alpha value is -3.36. The first-order valence-electron chi connectivity index (χ1n) is 11.6. The van der Waals surface area contributed by atoms with Gasteiger partial charge in [-0.1, -0.05) is 48.9 Å². The number of anilines is 1. The van der Waals surface area contributed by atoms with Gasteiger partial charge in [0.15, 0.2) is 5.78 Å². The van der Waals surface area contributed by atoms with Gasteiger partial charge in [0.2, 0.25) is 0 Å². The molecule has 3 aromatic carbocycles. The maximum Gasteiger partial charge on any atom is 0.261 e. The standard InChI is InChI=1S/C27H27ClN2O5S/c1-18-12-14-30(15-13-18)27(32)23-17-21(9-11-25(23)35-2)36(33,34)29-24-10-8-20(28)16-22(24)26(31)19-6-4-3-5-7-19/h3-11,16-18,29H,12-15H2,1-2H3. The third-order valence-electron chi connectivity index (χ3n) is 6.29. The Morgan fingerprint density at radius 1 is 0.972 bits per heavy atom. The van der Waals surface area contributed by atoms with Crippen molar-refractivity contribution >= 4 is 39.0 Å². The fourth-order valence-electron chi connectivity index (χ4n) is 4.15. The molecule has 1 amide bonds. The fourth-order valence-corrected chi connectivity index (χ4v) is 5.42. The molecule has 9 heteroatoms. The van der Waals surface area contributed by atoms with Crippen LogP contribution in [-0.2, 0) is 10.0 Å². The third kappa shape index (κ3) is 5.55. The van der Waals surface area contributed by atoms with E-state index in [2.05, 4.69) is 11.6 Å². The number of nitrogens with zero attached hydrogens (tertiary/aromatic N) is 1. The molecule has 188 valence electrons. The van der Waals surface area contributed by atoms with Crippen molar-refractivity contribution in [3.8, 4) is 5.75 Å². The molecule has 0 radical (unpaired) electrons. The predicted molar refractivity (Wildman–Crippen MR) is 139 cm³/mol. The highest BCUT2D eigenvalue weighted by atomic mass is 35.5. The number of hydrogen-bond acceptors (Lipinski definition) is 5. The van der Waals surface area contributed by atoms with Gasteiger partial charge < -0.3 is 9.64 Å². The number of ether oxygens (including phenoxy) is 1. The number of halogens is 1. The third-order valence-corrected chi connectivity index (χ3v) is 7.89. The lowest BCUT2D eigenvalue weighted by Gasteiger charge is -2.30. The number of amides is 1. The van der Waals surface area contributed by atoms with Crippen LogP contribution in [0.5, 0.6) is 5.75 Å². The van der Waals surface area contributed by atoms with Crippen molar-refractivity contribution in [1.29, 1.82) is 0 Å². The molecule has 0 unspecified atom stereocenters. The normalized spacial score (nSPS) is 14.4. The first-order valence-corrected chi connectivity index (χ1v) is 13.4. The maximum atomic E-state index is 13.4. The van der Waals surface area contributed by atoms with E-state index in [1.54, 1.807) is 35.2 Å². The number of hydrogen-bond donors (Lipinski definition) is 1. The Balaban J connectivity index is 1.67. The van der Waals surface area contributed by atoms with Gasteiger partial charge in [-0.2, -0.15) is 0 Å². The summed E-state index contributed by atoms with van der Waals surface area (Å²) in [5.41, 5.74) is 0.770. The van der Waals surface area contributed by atoms with E-state index in [1.165, 1.54) is 43.5 Å². The fraction of sp³-hybridized carbons (Fsp3) is 0.259. The van der Waals surface area contributed by atoms with Crippen molar-refractivity contribution in [2.24, 2.45) is 5.92 Å². The number of rotatable bonds is 7. The van der Waals surface area contributed by atoms with Gasteiger partial charge in [0, 0.05) is 29.2 Å². The van der Waals surface area contributed by atoms with Gasteiger partial charge in [-0.15, -0.1) is 0 Å². The first-order chi connectivity index (χ1) is 17.2. The number of ketones is 1. The van der Waals surface area contributed by atoms with Crippen LogP contribution >= 0.6 is 11.6 Å². The van der Waals surface area contributed by atoms with E-state index >= 15 is 0 Å². The van der Waals surface area contributed by atoms with Crippen molar-refractivity contribution in [2.75, 3.05) is 24.9 Å². The van der Waals surface area contributed by atoms with Crippen LogP contribution in [0, 0.1) is 5.92 Å². The number of likely N-dealkylation sites (tertiary alicyclic amines) is 1. The molecule has 1 saturated heterocycles. The quantitative estimate of drug-likeness (QED) is 0.424. The Kier molecular flexibility index (Phi) is 7.66. The zero-order valence-electron chi connectivity index (χ0n) is 20.0. The number of piperidine rings is 1. The van der Waals surface area contributed by atoms with E-state index < -0.39 is 10.0 Å². The van der Waals surface area contributed by atoms with Gasteiger partial charge in [0.05, 0.1) is 23.3 Å². The van der Waals surface area contributed by atoms with Gasteiger partial charge in [-0.25, -0.2) is 8.42 Å². The molecule has 36 heavy (non-hydrogen) atoms. The molecule has 0 bridgehead atoms. The molecule has 4 rings (SSSR count). The minimum atomic E-state index is -4.16. The Morgan fingerprint density at radius 3 is 2.33 bits per heavy atom. The zero-order chi connectivity index (χ0) is 25.9. The van der Waals surface area contributed by atoms with Crippen molar-refractivity contribution in [1.82, 2.24) is 4.90 Å². The second-order valence-corrected chi connectivity index (χ2v) is 10.9. The summed E-state index contributed by atoms with van der Waals surface area (Å²) in [5.74, 6) is 0.186. The summed E-state index contributed by atoms with van der Waals surface area (Å²) >= 11 is 6.12. The topological polar surface area (TPSA) is 92.8 Å². The van der Waals surface area contributed by atoms with Gasteiger partial charge in [0.1, 0.15) is 5.75 Å². The molecular weight excluding hydrogens is 500 g/mol. The minimum absolute atomic E-state index is 0.0852. The van der Waals surface area contributed by atoms with Gasteiger partial charge in [0.25, 0.3) is 15.9 Å². The van der Waals surface area contributed by atoms with E-state index in [9.17, 15) is 18.0 Å². The lowest BCUT2D eigenvalue weighted by Crippen LogP contribution is -2.38. The molecule has 1 aliphatic heterocycles. The summed E-state index contributed by atoms with van der Waals surface area (Å²) in [5, 5.41) is 0.297.